The third-order valence-electron chi connectivity index (χ3n) is 3.62. The van der Waals surface area contributed by atoms with Crippen LogP contribution in [0, 0.1) is 13.8 Å². The summed E-state index contributed by atoms with van der Waals surface area (Å²) in [5.74, 6) is -0.362. The van der Waals surface area contributed by atoms with Crippen molar-refractivity contribution in [1.29, 1.82) is 0 Å². The van der Waals surface area contributed by atoms with E-state index in [-0.39, 0.29) is 5.97 Å². The minimum Gasteiger partial charge on any atom is -0.465 e. The van der Waals surface area contributed by atoms with Gasteiger partial charge in [-0.2, -0.15) is 0 Å². The van der Waals surface area contributed by atoms with Gasteiger partial charge in [0.25, 0.3) is 0 Å². The van der Waals surface area contributed by atoms with E-state index >= 15 is 0 Å². The summed E-state index contributed by atoms with van der Waals surface area (Å²) in [6.45, 7) is 6.23. The number of esters is 1. The maximum Gasteiger partial charge on any atom is 0.350 e. The Labute approximate surface area is 123 Å². The summed E-state index contributed by atoms with van der Waals surface area (Å²) in [6, 6.07) is 6.20. The molecule has 0 amide bonds. The summed E-state index contributed by atoms with van der Waals surface area (Å²) in [4.78, 5) is 13.4. The number of nitrogen functional groups attached to an aromatic ring is 1. The molecule has 3 nitrogen and oxygen atoms in total. The van der Waals surface area contributed by atoms with E-state index in [0.29, 0.717) is 10.6 Å². The number of aryl methyl sites for hydroxylation is 1. The van der Waals surface area contributed by atoms with Gasteiger partial charge in [0.2, 0.25) is 0 Å². The van der Waals surface area contributed by atoms with Gasteiger partial charge in [-0.05, 0) is 42.5 Å². The number of hydrogen-bond donors (Lipinski definition) is 1. The molecule has 0 spiro atoms. The molecule has 1 aromatic heterocycles. The molecule has 0 aliphatic carbocycles. The monoisotopic (exact) mass is 289 g/mol. The quantitative estimate of drug-likeness (QED) is 0.870. The van der Waals surface area contributed by atoms with Crippen molar-refractivity contribution in [2.75, 3.05) is 12.8 Å². The molecule has 0 aliphatic rings. The molecular formula is C16H19NO2S. The van der Waals surface area contributed by atoms with Crippen molar-refractivity contribution in [2.45, 2.75) is 27.2 Å². The van der Waals surface area contributed by atoms with Crippen molar-refractivity contribution in [3.63, 3.8) is 0 Å². The second-order valence-electron chi connectivity index (χ2n) is 4.75. The van der Waals surface area contributed by atoms with Crippen LogP contribution in [-0.2, 0) is 11.2 Å². The number of carbonyl (C=O) groups is 1. The van der Waals surface area contributed by atoms with E-state index in [4.69, 9.17) is 10.5 Å². The first-order valence-electron chi connectivity index (χ1n) is 6.57. The second kappa shape index (κ2) is 5.67. The summed E-state index contributed by atoms with van der Waals surface area (Å²) >= 11 is 1.42. The van der Waals surface area contributed by atoms with Crippen LogP contribution in [0.5, 0.6) is 0 Å². The average molecular weight is 289 g/mol. The summed E-state index contributed by atoms with van der Waals surface area (Å²) < 4.78 is 4.81. The largest absolute Gasteiger partial charge is 0.465 e. The van der Waals surface area contributed by atoms with Crippen LogP contribution in [0.2, 0.25) is 0 Å². The molecule has 2 aromatic rings. The van der Waals surface area contributed by atoms with Crippen molar-refractivity contribution in [3.05, 3.63) is 39.8 Å². The minimum atomic E-state index is -0.362. The number of rotatable bonds is 3. The smallest absolute Gasteiger partial charge is 0.350 e. The molecule has 0 saturated heterocycles. The number of thiophene rings is 1. The molecule has 20 heavy (non-hydrogen) atoms. The van der Waals surface area contributed by atoms with Gasteiger partial charge >= 0.3 is 5.97 Å². The maximum atomic E-state index is 11.8. The average Bonchev–Trinajstić information content (AvgIpc) is 2.77. The standard InChI is InChI=1S/C16H19NO2S/c1-5-11-13(17)15(16(18)19-4)20-14(11)12-8-6-7-9(2)10(12)3/h6-8H,5,17H2,1-4H3. The zero-order valence-electron chi connectivity index (χ0n) is 12.2. The number of nitrogens with two attached hydrogens (primary N) is 1. The number of benzene rings is 1. The minimum absolute atomic E-state index is 0.362. The van der Waals surface area contributed by atoms with Gasteiger partial charge in [0.1, 0.15) is 4.88 Å². The van der Waals surface area contributed by atoms with Crippen LogP contribution in [0.4, 0.5) is 5.69 Å². The first-order chi connectivity index (χ1) is 9.51. The normalized spacial score (nSPS) is 10.6. The van der Waals surface area contributed by atoms with Gasteiger partial charge in [-0.1, -0.05) is 25.1 Å². The highest BCUT2D eigenvalue weighted by atomic mass is 32.1. The maximum absolute atomic E-state index is 11.8. The molecule has 0 radical (unpaired) electrons. The molecule has 0 aliphatic heterocycles. The second-order valence-corrected chi connectivity index (χ2v) is 5.77. The van der Waals surface area contributed by atoms with E-state index in [0.717, 1.165) is 22.4 Å². The molecule has 1 heterocycles. The summed E-state index contributed by atoms with van der Waals surface area (Å²) in [5.41, 5.74) is 11.3. The van der Waals surface area contributed by atoms with Crippen molar-refractivity contribution >= 4 is 23.0 Å². The predicted octanol–water partition coefficient (Wildman–Crippen LogP) is 3.96. The van der Waals surface area contributed by atoms with E-state index < -0.39 is 0 Å². The number of methoxy groups -OCH3 is 1. The first-order valence-corrected chi connectivity index (χ1v) is 7.38. The Bertz CT molecular complexity index is 659. The Morgan fingerprint density at radius 1 is 1.35 bits per heavy atom. The Kier molecular flexibility index (Phi) is 4.14. The Hall–Kier alpha value is -1.81. The highest BCUT2D eigenvalue weighted by Gasteiger charge is 2.22. The zero-order chi connectivity index (χ0) is 14.9. The van der Waals surface area contributed by atoms with Gasteiger partial charge in [0.15, 0.2) is 0 Å². The van der Waals surface area contributed by atoms with E-state index in [1.54, 1.807) is 0 Å². The van der Waals surface area contributed by atoms with E-state index in [1.807, 2.05) is 13.0 Å². The fraction of sp³-hybridized carbons (Fsp3) is 0.312. The van der Waals surface area contributed by atoms with Crippen molar-refractivity contribution in [1.82, 2.24) is 0 Å². The molecule has 0 atom stereocenters. The highest BCUT2D eigenvalue weighted by molar-refractivity contribution is 7.18. The third-order valence-corrected chi connectivity index (χ3v) is 4.88. The number of carbonyl (C=O) groups excluding carboxylic acids is 1. The van der Waals surface area contributed by atoms with Crippen LogP contribution in [0.3, 0.4) is 0 Å². The summed E-state index contributed by atoms with van der Waals surface area (Å²) in [6.07, 6.45) is 0.794. The van der Waals surface area contributed by atoms with Crippen molar-refractivity contribution < 1.29 is 9.53 Å². The molecule has 2 rings (SSSR count). The van der Waals surface area contributed by atoms with Gasteiger partial charge in [-0.15, -0.1) is 11.3 Å². The topological polar surface area (TPSA) is 52.3 Å². The Morgan fingerprint density at radius 3 is 2.65 bits per heavy atom. The summed E-state index contributed by atoms with van der Waals surface area (Å²) in [5, 5.41) is 0. The van der Waals surface area contributed by atoms with E-state index in [1.165, 1.54) is 29.6 Å². The van der Waals surface area contributed by atoms with Crippen LogP contribution < -0.4 is 5.73 Å². The van der Waals surface area contributed by atoms with Crippen molar-refractivity contribution in [3.8, 4) is 10.4 Å². The Morgan fingerprint density at radius 2 is 2.05 bits per heavy atom. The van der Waals surface area contributed by atoms with Gasteiger partial charge in [0.05, 0.1) is 12.8 Å². The predicted molar refractivity (Wildman–Crippen MR) is 84.4 cm³/mol. The lowest BCUT2D eigenvalue weighted by atomic mass is 9.99. The lowest BCUT2D eigenvalue weighted by Gasteiger charge is -2.08. The lowest BCUT2D eigenvalue weighted by molar-refractivity contribution is 0.0607. The molecule has 2 N–H and O–H groups in total. The fourth-order valence-electron chi connectivity index (χ4n) is 2.29. The Balaban J connectivity index is 2.68. The number of ether oxygens (including phenoxy) is 1. The molecule has 1 aromatic carbocycles. The highest BCUT2D eigenvalue weighted by Crippen LogP contribution is 2.41. The number of hydrogen-bond acceptors (Lipinski definition) is 4. The molecule has 0 bridgehead atoms. The third kappa shape index (κ3) is 2.31. The zero-order valence-corrected chi connectivity index (χ0v) is 13.1. The van der Waals surface area contributed by atoms with Crippen LogP contribution in [0.25, 0.3) is 10.4 Å². The van der Waals surface area contributed by atoms with Crippen LogP contribution in [0.15, 0.2) is 18.2 Å². The SMILES string of the molecule is CCc1c(-c2cccc(C)c2C)sc(C(=O)OC)c1N. The van der Waals surface area contributed by atoms with Gasteiger partial charge in [-0.3, -0.25) is 0 Å². The van der Waals surface area contributed by atoms with Gasteiger partial charge < -0.3 is 10.5 Å². The number of anilines is 1. The van der Waals surface area contributed by atoms with Crippen molar-refractivity contribution in [2.24, 2.45) is 0 Å². The molecule has 0 unspecified atom stereocenters. The van der Waals surface area contributed by atoms with Gasteiger partial charge in [-0.25, -0.2) is 4.79 Å². The first kappa shape index (κ1) is 14.6. The van der Waals surface area contributed by atoms with E-state index in [9.17, 15) is 4.79 Å². The lowest BCUT2D eigenvalue weighted by Crippen LogP contribution is -2.02. The van der Waals surface area contributed by atoms with Gasteiger partial charge in [0, 0.05) is 4.88 Å². The molecule has 106 valence electrons. The van der Waals surface area contributed by atoms with Crippen LogP contribution >= 0.6 is 11.3 Å². The molecular weight excluding hydrogens is 270 g/mol. The molecule has 0 saturated carbocycles. The van der Waals surface area contributed by atoms with E-state index in [2.05, 4.69) is 26.0 Å². The van der Waals surface area contributed by atoms with Crippen LogP contribution in [0.1, 0.15) is 33.3 Å². The molecule has 0 fully saturated rings. The summed E-state index contributed by atoms with van der Waals surface area (Å²) in [7, 11) is 1.38. The fourth-order valence-corrected chi connectivity index (χ4v) is 3.60. The molecule has 4 heteroatoms. The van der Waals surface area contributed by atoms with Crippen LogP contribution in [-0.4, -0.2) is 13.1 Å².